The fourth-order valence-electron chi connectivity index (χ4n) is 3.28. The fraction of sp³-hybridized carbons (Fsp3) is 1.00. The van der Waals surface area contributed by atoms with E-state index in [9.17, 15) is 0 Å². The molecule has 0 bridgehead atoms. The van der Waals surface area contributed by atoms with Crippen LogP contribution >= 0.6 is 113 Å². The first-order chi connectivity index (χ1) is 18.2. The molecule has 40 heavy (non-hydrogen) atoms. The molecule has 0 N–H and O–H groups in total. The standard InChI is InChI=1S/C24H56N4P4S8/c1-17(2)33-29(34-18(3)4)25-30(35-19(5)6,36-20(7)8)27-32(39-23(13)14,40-24(15)16)28-31(26-29,37-21(9)10)38-22(11)12/h17-24H,1-16H3. The van der Waals surface area contributed by atoms with Crippen molar-refractivity contribution in [3.8, 4) is 0 Å². The Balaban J connectivity index is 4.67. The molecule has 0 spiro atoms. The van der Waals surface area contributed by atoms with Crippen molar-refractivity contribution in [2.75, 3.05) is 0 Å². The molecule has 0 amide bonds. The Hall–Kier alpha value is 3.72. The van der Waals surface area contributed by atoms with Crippen molar-refractivity contribution in [3.63, 3.8) is 0 Å². The molecule has 0 fully saturated rings. The summed E-state index contributed by atoms with van der Waals surface area (Å²) in [6.07, 6.45) is 0. The summed E-state index contributed by atoms with van der Waals surface area (Å²) < 4.78 is 24.6. The molecular formula is C24H56N4P4S8. The van der Waals surface area contributed by atoms with Gasteiger partial charge in [-0.1, -0.05) is 202 Å². The molecule has 0 saturated carbocycles. The normalized spacial score (nSPS) is 20.2. The third kappa shape index (κ3) is 15.1. The molecule has 0 aromatic carbocycles. The lowest BCUT2D eigenvalue weighted by atomic mass is 10.6. The van der Waals surface area contributed by atoms with Gasteiger partial charge in [-0.3, -0.25) is 0 Å². The van der Waals surface area contributed by atoms with Crippen molar-refractivity contribution in [3.05, 3.63) is 0 Å². The largest absolute Gasteiger partial charge is 0.202 e. The lowest BCUT2D eigenvalue weighted by molar-refractivity contribution is 1.12. The van der Waals surface area contributed by atoms with Crippen molar-refractivity contribution < 1.29 is 0 Å². The highest BCUT2D eigenvalue weighted by molar-refractivity contribution is 9.00. The van der Waals surface area contributed by atoms with E-state index in [4.69, 9.17) is 18.1 Å². The topological polar surface area (TPSA) is 49.4 Å². The summed E-state index contributed by atoms with van der Waals surface area (Å²) in [6, 6.07) is 0. The van der Waals surface area contributed by atoms with E-state index in [1.165, 1.54) is 0 Å². The van der Waals surface area contributed by atoms with Crippen LogP contribution in [0, 0.1) is 0 Å². The van der Waals surface area contributed by atoms with Gasteiger partial charge in [0.05, 0.1) is 0 Å². The second-order valence-electron chi connectivity index (χ2n) is 11.6. The van der Waals surface area contributed by atoms with E-state index in [1.54, 1.807) is 0 Å². The highest BCUT2D eigenvalue weighted by Gasteiger charge is 2.42. The van der Waals surface area contributed by atoms with Crippen LogP contribution in [-0.4, -0.2) is 42.0 Å². The van der Waals surface area contributed by atoms with Crippen LogP contribution in [0.4, 0.5) is 0 Å². The molecule has 4 nitrogen and oxygen atoms in total. The summed E-state index contributed by atoms with van der Waals surface area (Å²) in [5, 5.41) is 3.49. The lowest BCUT2D eigenvalue weighted by Gasteiger charge is -2.37. The predicted octanol–water partition coefficient (Wildman–Crippen LogP) is 16.9. The van der Waals surface area contributed by atoms with Crippen LogP contribution in [0.2, 0.25) is 0 Å². The van der Waals surface area contributed by atoms with Crippen LogP contribution in [0.25, 0.3) is 0 Å². The zero-order valence-corrected chi connectivity index (χ0v) is 37.6. The van der Waals surface area contributed by atoms with Gasteiger partial charge in [0.2, 0.25) is 0 Å². The van der Waals surface area contributed by atoms with Crippen LogP contribution in [-0.2, 0) is 0 Å². The molecule has 0 aromatic heterocycles. The van der Waals surface area contributed by atoms with Crippen molar-refractivity contribution in [2.24, 2.45) is 18.1 Å². The molecule has 0 aromatic rings. The Bertz CT molecular complexity index is 788. The minimum absolute atomic E-state index is 0.436. The van der Waals surface area contributed by atoms with Gasteiger partial charge < -0.3 is 0 Å². The molecule has 0 atom stereocenters. The molecule has 0 unspecified atom stereocenters. The summed E-state index contributed by atoms with van der Waals surface area (Å²) in [6.45, 7) is 37.2. The monoisotopic (exact) mass is 780 g/mol. The summed E-state index contributed by atoms with van der Waals surface area (Å²) in [7, 11) is 0. The highest BCUT2D eigenvalue weighted by Crippen LogP contribution is 2.98. The number of nitrogens with zero attached hydrogens (tertiary/aromatic N) is 4. The van der Waals surface area contributed by atoms with Gasteiger partial charge in [0.1, 0.15) is 0 Å². The molecule has 1 aliphatic heterocycles. The summed E-state index contributed by atoms with van der Waals surface area (Å²) in [4.78, 5) is 0. The van der Waals surface area contributed by atoms with Crippen LogP contribution in [0.1, 0.15) is 111 Å². The number of hydrogen-bond donors (Lipinski definition) is 0. The Kier molecular flexibility index (Phi) is 19.1. The zero-order valence-electron chi connectivity index (χ0n) is 27.5. The Morgan fingerprint density at radius 2 is 0.350 bits per heavy atom. The zero-order chi connectivity index (χ0) is 31.1. The molecular weight excluding hydrogens is 725 g/mol. The summed E-state index contributed by atoms with van der Waals surface area (Å²) in [5.41, 5.74) is -9.02. The van der Waals surface area contributed by atoms with Gasteiger partial charge in [0.25, 0.3) is 0 Å². The van der Waals surface area contributed by atoms with E-state index in [-0.39, 0.29) is 0 Å². The SMILES string of the molecule is CC(C)SP1(SC(C)C)=NP(SC(C)C)(SC(C)C)=NP(SC(C)C)(SC(C)C)=NP(SC(C)C)(SC(C)C)=N1. The van der Waals surface area contributed by atoms with Gasteiger partial charge in [-0.05, 0) is 0 Å². The van der Waals surface area contributed by atoms with E-state index in [2.05, 4.69) is 111 Å². The maximum absolute atomic E-state index is 6.16. The Morgan fingerprint density at radius 3 is 0.425 bits per heavy atom. The average molecular weight is 781 g/mol. The second kappa shape index (κ2) is 18.3. The van der Waals surface area contributed by atoms with E-state index < -0.39 is 22.4 Å². The smallest absolute Gasteiger partial charge is 0.191 e. The molecule has 0 saturated heterocycles. The molecule has 1 heterocycles. The van der Waals surface area contributed by atoms with Crippen LogP contribution in [0.3, 0.4) is 0 Å². The molecule has 0 aliphatic carbocycles. The minimum atomic E-state index is -2.26. The van der Waals surface area contributed by atoms with Crippen molar-refractivity contribution in [2.45, 2.75) is 153 Å². The average Bonchev–Trinajstić information content (AvgIpc) is 2.60. The van der Waals surface area contributed by atoms with Crippen LogP contribution in [0.15, 0.2) is 18.1 Å². The third-order valence-corrected chi connectivity index (χ3v) is 49.9. The van der Waals surface area contributed by atoms with Crippen LogP contribution in [0.5, 0.6) is 0 Å². The van der Waals surface area contributed by atoms with E-state index in [0.717, 1.165) is 0 Å². The van der Waals surface area contributed by atoms with E-state index in [0.29, 0.717) is 42.0 Å². The molecule has 240 valence electrons. The van der Waals surface area contributed by atoms with Crippen molar-refractivity contribution >= 4 is 113 Å². The molecule has 1 aliphatic rings. The van der Waals surface area contributed by atoms with Gasteiger partial charge in [-0.15, -0.1) is 0 Å². The van der Waals surface area contributed by atoms with Crippen molar-refractivity contribution in [1.29, 1.82) is 0 Å². The molecule has 16 heteroatoms. The van der Waals surface area contributed by atoms with E-state index >= 15 is 0 Å². The fourth-order valence-corrected chi connectivity index (χ4v) is 72.9. The third-order valence-electron chi connectivity index (χ3n) is 3.69. The summed E-state index contributed by atoms with van der Waals surface area (Å²) in [5.74, 6) is 0. The van der Waals surface area contributed by atoms with Gasteiger partial charge in [0, 0.05) is 42.0 Å². The predicted molar refractivity (Wildman–Crippen MR) is 219 cm³/mol. The highest BCUT2D eigenvalue weighted by atomic mass is 33.1. The Morgan fingerprint density at radius 1 is 0.250 bits per heavy atom. The quantitative estimate of drug-likeness (QED) is 0.144. The van der Waals surface area contributed by atoms with Crippen molar-refractivity contribution in [1.82, 2.24) is 0 Å². The van der Waals surface area contributed by atoms with Gasteiger partial charge in [0.15, 0.2) is 22.4 Å². The number of hydrogen-bond acceptors (Lipinski definition) is 12. The van der Waals surface area contributed by atoms with Gasteiger partial charge in [-0.2, -0.15) is 0 Å². The molecule has 0 radical (unpaired) electrons. The first-order valence-corrected chi connectivity index (χ1v) is 32.8. The second-order valence-corrected chi connectivity index (χ2v) is 47.6. The molecule has 1 rings (SSSR count). The lowest BCUT2D eigenvalue weighted by Crippen LogP contribution is -1.96. The maximum Gasteiger partial charge on any atom is 0.191 e. The van der Waals surface area contributed by atoms with E-state index in [1.807, 2.05) is 91.1 Å². The van der Waals surface area contributed by atoms with Gasteiger partial charge >= 0.3 is 0 Å². The maximum atomic E-state index is 6.16. The summed E-state index contributed by atoms with van der Waals surface area (Å²) >= 11 is 16.3. The number of rotatable bonds is 16. The van der Waals surface area contributed by atoms with Gasteiger partial charge in [-0.25, -0.2) is 18.1 Å². The first kappa shape index (κ1) is 41.7. The van der Waals surface area contributed by atoms with Crippen LogP contribution < -0.4 is 0 Å². The Labute approximate surface area is 281 Å². The first-order valence-electron chi connectivity index (χ1n) is 14.2. The minimum Gasteiger partial charge on any atom is -0.202 e.